The van der Waals surface area contributed by atoms with Gasteiger partial charge in [0.25, 0.3) is 0 Å². The van der Waals surface area contributed by atoms with E-state index in [1.165, 1.54) is 11.6 Å². The molecule has 0 saturated carbocycles. The van der Waals surface area contributed by atoms with Crippen molar-refractivity contribution in [1.82, 2.24) is 5.32 Å². The zero-order valence-electron chi connectivity index (χ0n) is 12.2. The molecule has 0 amide bonds. The average molecular weight is 272 g/mol. The molecule has 1 unspecified atom stereocenters. The number of benzene rings is 2. The molecule has 2 aromatic rings. The van der Waals surface area contributed by atoms with Gasteiger partial charge in [-0.1, -0.05) is 42.5 Å². The summed E-state index contributed by atoms with van der Waals surface area (Å²) in [7, 11) is 3.81. The van der Waals surface area contributed by atoms with E-state index in [0.717, 1.165) is 5.56 Å². The van der Waals surface area contributed by atoms with Crippen LogP contribution in [0.2, 0.25) is 0 Å². The fourth-order valence-electron chi connectivity index (χ4n) is 2.38. The standard InChI is InChI=1S/C17H21FN2/c1-13(19-2)15-10-7-11-16(18)17(15)20(3)12-14-8-5-4-6-9-14/h4-11,13,19H,12H2,1-3H3. The van der Waals surface area contributed by atoms with Gasteiger partial charge in [0, 0.05) is 19.6 Å². The molecule has 2 aromatic carbocycles. The van der Waals surface area contributed by atoms with Crippen molar-refractivity contribution in [3.05, 3.63) is 65.5 Å². The maximum Gasteiger partial charge on any atom is 0.146 e. The first-order valence-corrected chi connectivity index (χ1v) is 6.84. The zero-order valence-corrected chi connectivity index (χ0v) is 12.2. The van der Waals surface area contributed by atoms with Crippen LogP contribution in [-0.4, -0.2) is 14.1 Å². The summed E-state index contributed by atoms with van der Waals surface area (Å²) in [6, 6.07) is 15.5. The predicted molar refractivity (Wildman–Crippen MR) is 82.4 cm³/mol. The van der Waals surface area contributed by atoms with Crippen LogP contribution in [0.15, 0.2) is 48.5 Å². The lowest BCUT2D eigenvalue weighted by atomic mass is 10.0. The molecular weight excluding hydrogens is 251 g/mol. The number of halogens is 1. The summed E-state index contributed by atoms with van der Waals surface area (Å²) in [5.74, 6) is -0.178. The van der Waals surface area contributed by atoms with Crippen molar-refractivity contribution in [2.75, 3.05) is 19.0 Å². The molecule has 1 atom stereocenters. The Bertz CT molecular complexity index is 554. The molecule has 0 saturated heterocycles. The zero-order chi connectivity index (χ0) is 14.5. The highest BCUT2D eigenvalue weighted by Gasteiger charge is 2.16. The normalized spacial score (nSPS) is 12.2. The minimum absolute atomic E-state index is 0.110. The number of hydrogen-bond donors (Lipinski definition) is 1. The molecule has 0 aromatic heterocycles. The molecule has 2 rings (SSSR count). The number of nitrogens with zero attached hydrogens (tertiary/aromatic N) is 1. The SMILES string of the molecule is CNC(C)c1cccc(F)c1N(C)Cc1ccccc1. The molecule has 0 bridgehead atoms. The summed E-state index contributed by atoms with van der Waals surface area (Å²) >= 11 is 0. The number of nitrogens with one attached hydrogen (secondary N) is 1. The van der Waals surface area contributed by atoms with Crippen molar-refractivity contribution in [1.29, 1.82) is 0 Å². The van der Waals surface area contributed by atoms with Gasteiger partial charge >= 0.3 is 0 Å². The van der Waals surface area contributed by atoms with Crippen molar-refractivity contribution >= 4 is 5.69 Å². The minimum atomic E-state index is -0.178. The Hall–Kier alpha value is -1.87. The Morgan fingerprint density at radius 3 is 2.45 bits per heavy atom. The van der Waals surface area contributed by atoms with Crippen LogP contribution in [0.3, 0.4) is 0 Å². The highest BCUT2D eigenvalue weighted by Crippen LogP contribution is 2.29. The molecule has 1 N–H and O–H groups in total. The Kier molecular flexibility index (Phi) is 4.74. The molecule has 0 aliphatic heterocycles. The van der Waals surface area contributed by atoms with Gasteiger partial charge < -0.3 is 10.2 Å². The van der Waals surface area contributed by atoms with Crippen LogP contribution in [0.1, 0.15) is 24.1 Å². The van der Waals surface area contributed by atoms with Crippen molar-refractivity contribution in [3.63, 3.8) is 0 Å². The largest absolute Gasteiger partial charge is 0.368 e. The molecule has 20 heavy (non-hydrogen) atoms. The van der Waals surface area contributed by atoms with E-state index in [0.29, 0.717) is 12.2 Å². The van der Waals surface area contributed by atoms with E-state index in [1.807, 2.05) is 50.2 Å². The quantitative estimate of drug-likeness (QED) is 0.892. The molecule has 3 heteroatoms. The number of hydrogen-bond acceptors (Lipinski definition) is 2. The minimum Gasteiger partial charge on any atom is -0.368 e. The van der Waals surface area contributed by atoms with Crippen molar-refractivity contribution in [3.8, 4) is 0 Å². The first kappa shape index (κ1) is 14.5. The summed E-state index contributed by atoms with van der Waals surface area (Å²) in [6.45, 7) is 2.72. The Morgan fingerprint density at radius 1 is 1.10 bits per heavy atom. The van der Waals surface area contributed by atoms with E-state index in [4.69, 9.17) is 0 Å². The van der Waals surface area contributed by atoms with Gasteiger partial charge in [-0.3, -0.25) is 0 Å². The number of anilines is 1. The molecule has 0 heterocycles. The molecule has 2 nitrogen and oxygen atoms in total. The second-order valence-corrected chi connectivity index (χ2v) is 5.03. The molecule has 0 aliphatic carbocycles. The van der Waals surface area contributed by atoms with Crippen LogP contribution in [0.25, 0.3) is 0 Å². The second kappa shape index (κ2) is 6.53. The average Bonchev–Trinajstić information content (AvgIpc) is 2.47. The smallest absolute Gasteiger partial charge is 0.146 e. The Morgan fingerprint density at radius 2 is 1.80 bits per heavy atom. The van der Waals surface area contributed by atoms with E-state index in [9.17, 15) is 4.39 Å². The first-order valence-electron chi connectivity index (χ1n) is 6.84. The van der Waals surface area contributed by atoms with Crippen LogP contribution in [-0.2, 0) is 6.54 Å². The number of para-hydroxylation sites is 1. The molecule has 0 radical (unpaired) electrons. The highest BCUT2D eigenvalue weighted by molar-refractivity contribution is 5.56. The fourth-order valence-corrected chi connectivity index (χ4v) is 2.38. The van der Waals surface area contributed by atoms with E-state index in [2.05, 4.69) is 17.4 Å². The summed E-state index contributed by atoms with van der Waals surface area (Å²) in [4.78, 5) is 1.97. The maximum absolute atomic E-state index is 14.2. The van der Waals surface area contributed by atoms with E-state index in [-0.39, 0.29) is 11.9 Å². The van der Waals surface area contributed by atoms with Gasteiger partial charge in [-0.15, -0.1) is 0 Å². The lowest BCUT2D eigenvalue weighted by Gasteiger charge is -2.25. The van der Waals surface area contributed by atoms with Gasteiger partial charge in [-0.25, -0.2) is 4.39 Å². The number of rotatable bonds is 5. The third kappa shape index (κ3) is 3.17. The fraction of sp³-hybridized carbons (Fsp3) is 0.294. The van der Waals surface area contributed by atoms with Gasteiger partial charge in [0.1, 0.15) is 5.82 Å². The molecule has 106 valence electrons. The lowest BCUT2D eigenvalue weighted by Crippen LogP contribution is -2.22. The third-order valence-electron chi connectivity index (χ3n) is 3.56. The highest BCUT2D eigenvalue weighted by atomic mass is 19.1. The van der Waals surface area contributed by atoms with E-state index >= 15 is 0 Å². The molecular formula is C17H21FN2. The summed E-state index contributed by atoms with van der Waals surface area (Å²) in [5.41, 5.74) is 2.81. The van der Waals surface area contributed by atoms with Crippen LogP contribution in [0, 0.1) is 5.82 Å². The maximum atomic E-state index is 14.2. The predicted octanol–water partition coefficient (Wildman–Crippen LogP) is 3.74. The Labute approximate surface area is 120 Å². The van der Waals surface area contributed by atoms with E-state index in [1.54, 1.807) is 6.07 Å². The first-order chi connectivity index (χ1) is 9.63. The molecule has 0 aliphatic rings. The lowest BCUT2D eigenvalue weighted by molar-refractivity contribution is 0.602. The Balaban J connectivity index is 2.31. The second-order valence-electron chi connectivity index (χ2n) is 5.03. The molecule has 0 spiro atoms. The van der Waals surface area contributed by atoms with Gasteiger partial charge in [-0.2, -0.15) is 0 Å². The third-order valence-corrected chi connectivity index (χ3v) is 3.56. The van der Waals surface area contributed by atoms with Crippen LogP contribution in [0.4, 0.5) is 10.1 Å². The van der Waals surface area contributed by atoms with Gasteiger partial charge in [0.15, 0.2) is 0 Å². The van der Waals surface area contributed by atoms with Crippen LogP contribution in [0.5, 0.6) is 0 Å². The van der Waals surface area contributed by atoms with Crippen molar-refractivity contribution in [2.45, 2.75) is 19.5 Å². The monoisotopic (exact) mass is 272 g/mol. The molecule has 0 fully saturated rings. The van der Waals surface area contributed by atoms with Crippen LogP contribution < -0.4 is 10.2 Å². The summed E-state index contributed by atoms with van der Waals surface area (Å²) < 4.78 is 14.2. The van der Waals surface area contributed by atoms with Crippen molar-refractivity contribution in [2.24, 2.45) is 0 Å². The summed E-state index contributed by atoms with van der Waals surface area (Å²) in [5, 5.41) is 3.17. The van der Waals surface area contributed by atoms with Crippen molar-refractivity contribution < 1.29 is 4.39 Å². The van der Waals surface area contributed by atoms with Gasteiger partial charge in [0.05, 0.1) is 5.69 Å². The van der Waals surface area contributed by atoms with E-state index < -0.39 is 0 Å². The summed E-state index contributed by atoms with van der Waals surface area (Å²) in [6.07, 6.45) is 0. The van der Waals surface area contributed by atoms with Crippen LogP contribution >= 0.6 is 0 Å². The van der Waals surface area contributed by atoms with Gasteiger partial charge in [-0.05, 0) is 31.2 Å². The van der Waals surface area contributed by atoms with Gasteiger partial charge in [0.2, 0.25) is 0 Å². The topological polar surface area (TPSA) is 15.3 Å².